The van der Waals surface area contributed by atoms with Crippen molar-refractivity contribution in [1.29, 1.82) is 0 Å². The van der Waals surface area contributed by atoms with Gasteiger partial charge in [0.25, 0.3) is 0 Å². The maximum Gasteiger partial charge on any atom is 0.341 e. The molecule has 1 aromatic carbocycles. The zero-order chi connectivity index (χ0) is 19.3. The van der Waals surface area contributed by atoms with Crippen molar-refractivity contribution in [2.75, 3.05) is 32.1 Å². The van der Waals surface area contributed by atoms with Gasteiger partial charge in [0.1, 0.15) is 11.4 Å². The van der Waals surface area contributed by atoms with Crippen LogP contribution in [0.2, 0.25) is 0 Å². The molecule has 28 heavy (non-hydrogen) atoms. The number of hydrogen-bond donors (Lipinski definition) is 3. The zero-order valence-corrected chi connectivity index (χ0v) is 16.6. The highest BCUT2D eigenvalue weighted by molar-refractivity contribution is 5.93. The zero-order valence-electron chi connectivity index (χ0n) is 15.7. The number of nitrogens with one attached hydrogen (secondary N) is 2. The molecular formula is C19H24ClFN4O3. The van der Waals surface area contributed by atoms with E-state index in [-0.39, 0.29) is 41.5 Å². The van der Waals surface area contributed by atoms with Gasteiger partial charge in [0.15, 0.2) is 0 Å². The number of nitrogens with zero attached hydrogens (tertiary/aromatic N) is 2. The summed E-state index contributed by atoms with van der Waals surface area (Å²) in [6.07, 6.45) is 3.26. The lowest BCUT2D eigenvalue weighted by Gasteiger charge is -2.21. The Morgan fingerprint density at radius 2 is 1.79 bits per heavy atom. The molecule has 1 aromatic heterocycles. The van der Waals surface area contributed by atoms with Gasteiger partial charge in [-0.3, -0.25) is 4.79 Å². The smallest absolute Gasteiger partial charge is 0.341 e. The summed E-state index contributed by atoms with van der Waals surface area (Å²) in [5.74, 6) is -1.79. The van der Waals surface area contributed by atoms with Crippen molar-refractivity contribution < 1.29 is 14.3 Å². The van der Waals surface area contributed by atoms with E-state index in [2.05, 4.69) is 10.6 Å². The van der Waals surface area contributed by atoms with Gasteiger partial charge in [0.2, 0.25) is 5.43 Å². The monoisotopic (exact) mass is 410 g/mol. The first-order valence-corrected chi connectivity index (χ1v) is 9.15. The lowest BCUT2D eigenvalue weighted by atomic mass is 10.1. The fourth-order valence-corrected chi connectivity index (χ4v) is 3.99. The molecule has 0 radical (unpaired) electrons. The normalized spacial score (nSPS) is 21.8. The quantitative estimate of drug-likeness (QED) is 0.694. The van der Waals surface area contributed by atoms with Crippen molar-refractivity contribution >= 4 is 35.0 Å². The Kier molecular flexibility index (Phi) is 5.65. The summed E-state index contributed by atoms with van der Waals surface area (Å²) in [6.45, 7) is 1.29. The molecule has 4 rings (SSSR count). The maximum absolute atomic E-state index is 14.9. The van der Waals surface area contributed by atoms with E-state index in [9.17, 15) is 19.1 Å². The number of carboxylic acid groups (broad SMARTS) is 1. The molecule has 3 N–H and O–H groups in total. The number of carbonyl (C=O) groups is 1. The molecule has 2 aromatic rings. The fourth-order valence-electron chi connectivity index (χ4n) is 3.99. The molecule has 0 bridgehead atoms. The van der Waals surface area contributed by atoms with Gasteiger partial charge in [-0.05, 0) is 39.1 Å². The lowest BCUT2D eigenvalue weighted by molar-refractivity contribution is 0.0695. The Labute approximate surface area is 167 Å². The molecule has 0 spiro atoms. The molecule has 1 saturated carbocycles. The van der Waals surface area contributed by atoms with Crippen LogP contribution in [0.1, 0.15) is 29.2 Å². The molecular weight excluding hydrogens is 387 g/mol. The standard InChI is InChI=1S/C19H23FN4O3.ClH/c1-21-14-8-23(9-15(14)22-2)17-6-16-11(5-13(17)20)18(25)12(19(26)27)7-24(16)10-3-4-10;/h5-7,10,14-15,21-22H,3-4,8-9H2,1-2H3,(H,26,27);1H/t14-,15-;/m1./s1. The first kappa shape index (κ1) is 20.6. The number of rotatable bonds is 5. The van der Waals surface area contributed by atoms with Crippen LogP contribution in [0, 0.1) is 5.82 Å². The molecule has 1 saturated heterocycles. The van der Waals surface area contributed by atoms with Gasteiger partial charge in [-0.25, -0.2) is 9.18 Å². The maximum atomic E-state index is 14.9. The number of likely N-dealkylation sites (N-methyl/N-ethyl adjacent to an activating group) is 2. The average Bonchev–Trinajstić information content (AvgIpc) is 3.40. The van der Waals surface area contributed by atoms with E-state index in [4.69, 9.17) is 0 Å². The molecule has 0 amide bonds. The number of carboxylic acids is 1. The summed E-state index contributed by atoms with van der Waals surface area (Å²) in [5, 5.41) is 15.9. The summed E-state index contributed by atoms with van der Waals surface area (Å²) in [6, 6.07) is 3.42. The fraction of sp³-hybridized carbons (Fsp3) is 0.474. The van der Waals surface area contributed by atoms with Crippen LogP contribution >= 0.6 is 12.4 Å². The minimum atomic E-state index is -1.28. The van der Waals surface area contributed by atoms with E-state index in [0.29, 0.717) is 24.3 Å². The predicted octanol–water partition coefficient (Wildman–Crippen LogP) is 1.59. The molecule has 1 aliphatic carbocycles. The Hall–Kier alpha value is -2.16. The van der Waals surface area contributed by atoms with Crippen LogP contribution in [0.5, 0.6) is 0 Å². The third-order valence-corrected chi connectivity index (χ3v) is 5.67. The van der Waals surface area contributed by atoms with Crippen LogP contribution < -0.4 is 21.0 Å². The molecule has 9 heteroatoms. The molecule has 1 aliphatic heterocycles. The molecule has 2 heterocycles. The summed E-state index contributed by atoms with van der Waals surface area (Å²) < 4.78 is 16.7. The van der Waals surface area contributed by atoms with E-state index < -0.39 is 17.2 Å². The van der Waals surface area contributed by atoms with Gasteiger partial charge < -0.3 is 25.2 Å². The van der Waals surface area contributed by atoms with Gasteiger partial charge in [-0.15, -0.1) is 12.4 Å². The highest BCUT2D eigenvalue weighted by Crippen LogP contribution is 2.38. The van der Waals surface area contributed by atoms with Crippen molar-refractivity contribution in [1.82, 2.24) is 15.2 Å². The van der Waals surface area contributed by atoms with Crippen molar-refractivity contribution in [3.8, 4) is 0 Å². The topological polar surface area (TPSA) is 86.6 Å². The van der Waals surface area contributed by atoms with Crippen LogP contribution in [0.3, 0.4) is 0 Å². The molecule has 0 unspecified atom stereocenters. The van der Waals surface area contributed by atoms with Crippen LogP contribution in [0.25, 0.3) is 10.9 Å². The van der Waals surface area contributed by atoms with Gasteiger partial charge in [-0.2, -0.15) is 0 Å². The minimum Gasteiger partial charge on any atom is -0.477 e. The number of pyridine rings is 1. The van der Waals surface area contributed by atoms with E-state index in [1.165, 1.54) is 12.3 Å². The Morgan fingerprint density at radius 3 is 2.29 bits per heavy atom. The van der Waals surface area contributed by atoms with Crippen molar-refractivity contribution in [3.05, 3.63) is 39.9 Å². The second-order valence-corrected chi connectivity index (χ2v) is 7.33. The Bertz CT molecular complexity index is 964. The van der Waals surface area contributed by atoms with E-state index in [1.54, 1.807) is 6.07 Å². The van der Waals surface area contributed by atoms with E-state index >= 15 is 0 Å². The summed E-state index contributed by atoms with van der Waals surface area (Å²) >= 11 is 0. The number of halogens is 2. The number of aromatic carboxylic acids is 1. The molecule has 152 valence electrons. The number of anilines is 1. The van der Waals surface area contributed by atoms with Crippen LogP contribution in [0.4, 0.5) is 10.1 Å². The largest absolute Gasteiger partial charge is 0.477 e. The summed E-state index contributed by atoms with van der Waals surface area (Å²) in [5.41, 5.74) is 0.0888. The third-order valence-electron chi connectivity index (χ3n) is 5.67. The number of hydrogen-bond acceptors (Lipinski definition) is 5. The Morgan fingerprint density at radius 1 is 1.18 bits per heavy atom. The van der Waals surface area contributed by atoms with E-state index in [1.807, 2.05) is 23.6 Å². The first-order valence-electron chi connectivity index (χ1n) is 9.15. The first-order chi connectivity index (χ1) is 12.9. The van der Waals surface area contributed by atoms with Crippen LogP contribution in [0.15, 0.2) is 23.1 Å². The number of aromatic nitrogens is 1. The van der Waals surface area contributed by atoms with Gasteiger partial charge in [0.05, 0.1) is 11.2 Å². The van der Waals surface area contributed by atoms with Crippen molar-refractivity contribution in [3.63, 3.8) is 0 Å². The lowest BCUT2D eigenvalue weighted by Crippen LogP contribution is -2.43. The van der Waals surface area contributed by atoms with Gasteiger partial charge in [0, 0.05) is 42.8 Å². The summed E-state index contributed by atoms with van der Waals surface area (Å²) in [4.78, 5) is 25.9. The molecule has 2 fully saturated rings. The highest BCUT2D eigenvalue weighted by Gasteiger charge is 2.33. The van der Waals surface area contributed by atoms with Crippen molar-refractivity contribution in [2.24, 2.45) is 0 Å². The molecule has 2 atom stereocenters. The van der Waals surface area contributed by atoms with Crippen LogP contribution in [-0.4, -0.2) is 54.9 Å². The average molecular weight is 411 g/mol. The number of fused-ring (bicyclic) bond motifs is 1. The highest BCUT2D eigenvalue weighted by atomic mass is 35.5. The van der Waals surface area contributed by atoms with Crippen LogP contribution in [-0.2, 0) is 0 Å². The molecule has 2 aliphatic rings. The van der Waals surface area contributed by atoms with E-state index in [0.717, 1.165) is 12.8 Å². The molecule has 7 nitrogen and oxygen atoms in total. The Balaban J connectivity index is 0.00000225. The second-order valence-electron chi connectivity index (χ2n) is 7.33. The summed E-state index contributed by atoms with van der Waals surface area (Å²) in [7, 11) is 3.76. The minimum absolute atomic E-state index is 0. The van der Waals surface area contributed by atoms with Gasteiger partial charge in [-0.1, -0.05) is 0 Å². The van der Waals surface area contributed by atoms with Crippen molar-refractivity contribution in [2.45, 2.75) is 31.0 Å². The van der Waals surface area contributed by atoms with Gasteiger partial charge >= 0.3 is 5.97 Å². The third kappa shape index (κ3) is 3.36. The SMILES string of the molecule is CN[C@@H]1CN(c2cc3c(cc2F)c(=O)c(C(=O)O)cn3C2CC2)C[C@H]1NC.Cl. The second kappa shape index (κ2) is 7.69. The number of benzene rings is 1. The predicted molar refractivity (Wildman–Crippen MR) is 109 cm³/mol.